The molecule has 0 atom stereocenters. The number of nitrogens with zero attached hydrogens (tertiary/aromatic N) is 1. The van der Waals surface area contributed by atoms with Crippen LogP contribution in [0.2, 0.25) is 0 Å². The van der Waals surface area contributed by atoms with Crippen LogP contribution >= 0.6 is 0 Å². The minimum absolute atomic E-state index is 0.645. The van der Waals surface area contributed by atoms with Crippen LogP contribution in [-0.2, 0) is 11.5 Å². The van der Waals surface area contributed by atoms with Crippen molar-refractivity contribution in [2.45, 2.75) is 27.0 Å². The summed E-state index contributed by atoms with van der Waals surface area (Å²) < 4.78 is 7.71. The summed E-state index contributed by atoms with van der Waals surface area (Å²) in [6, 6.07) is 12.6. The number of ether oxygens (including phenoxy) is 1. The summed E-state index contributed by atoms with van der Waals surface area (Å²) in [7, 11) is 0. The molecule has 2 aromatic rings. The van der Waals surface area contributed by atoms with Gasteiger partial charge in [0, 0.05) is 18.5 Å². The number of benzene rings is 1. The van der Waals surface area contributed by atoms with E-state index in [0.717, 1.165) is 13.0 Å². The van der Waals surface area contributed by atoms with Gasteiger partial charge in [-0.3, -0.25) is 0 Å². The zero-order valence-electron chi connectivity index (χ0n) is 10.5. The van der Waals surface area contributed by atoms with Crippen LogP contribution in [0.4, 0.5) is 0 Å². The second-order valence-electron chi connectivity index (χ2n) is 4.24. The average molecular weight is 229 g/mol. The van der Waals surface area contributed by atoms with E-state index in [1.165, 1.54) is 16.8 Å². The van der Waals surface area contributed by atoms with E-state index >= 15 is 0 Å². The summed E-state index contributed by atoms with van der Waals surface area (Å²) in [5.74, 6) is 0. The van der Waals surface area contributed by atoms with Crippen LogP contribution in [0.5, 0.6) is 0 Å². The maximum atomic E-state index is 5.56. The van der Waals surface area contributed by atoms with Crippen molar-refractivity contribution < 1.29 is 4.74 Å². The summed E-state index contributed by atoms with van der Waals surface area (Å²) in [5, 5.41) is 0. The van der Waals surface area contributed by atoms with Gasteiger partial charge in [-0.2, -0.15) is 0 Å². The molecular formula is C15H19NO. The van der Waals surface area contributed by atoms with Gasteiger partial charge in [-0.05, 0) is 30.5 Å². The summed E-state index contributed by atoms with van der Waals surface area (Å²) >= 11 is 0. The van der Waals surface area contributed by atoms with Crippen molar-refractivity contribution >= 4 is 0 Å². The fourth-order valence-corrected chi connectivity index (χ4v) is 1.85. The lowest BCUT2D eigenvalue weighted by Crippen LogP contribution is -2.03. The SMILES string of the molecule is CCCOCn1cc(-c2ccccc2)cc1C. The van der Waals surface area contributed by atoms with Gasteiger partial charge in [0.2, 0.25) is 0 Å². The van der Waals surface area contributed by atoms with E-state index in [1.807, 2.05) is 6.07 Å². The number of rotatable bonds is 5. The number of aromatic nitrogens is 1. The molecule has 1 heterocycles. The predicted octanol–water partition coefficient (Wildman–Crippen LogP) is 3.85. The Morgan fingerprint density at radius 1 is 1.12 bits per heavy atom. The standard InChI is InChI=1S/C15H19NO/c1-3-9-17-12-16-11-15(10-13(16)2)14-7-5-4-6-8-14/h4-8,10-11H,3,9,12H2,1-2H3. The number of hydrogen-bond donors (Lipinski definition) is 0. The highest BCUT2D eigenvalue weighted by Gasteiger charge is 2.03. The number of hydrogen-bond acceptors (Lipinski definition) is 1. The van der Waals surface area contributed by atoms with Gasteiger partial charge < -0.3 is 9.30 Å². The van der Waals surface area contributed by atoms with Crippen LogP contribution in [0.15, 0.2) is 42.6 Å². The maximum Gasteiger partial charge on any atom is 0.122 e. The van der Waals surface area contributed by atoms with Crippen LogP contribution in [0, 0.1) is 6.92 Å². The first-order valence-electron chi connectivity index (χ1n) is 6.11. The van der Waals surface area contributed by atoms with Gasteiger partial charge in [0.1, 0.15) is 6.73 Å². The third-order valence-corrected chi connectivity index (χ3v) is 2.80. The minimum atomic E-state index is 0.645. The fourth-order valence-electron chi connectivity index (χ4n) is 1.85. The second kappa shape index (κ2) is 5.69. The Balaban J connectivity index is 2.13. The molecule has 0 amide bonds. The second-order valence-corrected chi connectivity index (χ2v) is 4.24. The van der Waals surface area contributed by atoms with E-state index in [1.54, 1.807) is 0 Å². The van der Waals surface area contributed by atoms with Crippen molar-refractivity contribution in [1.29, 1.82) is 0 Å². The summed E-state index contributed by atoms with van der Waals surface area (Å²) in [4.78, 5) is 0. The molecule has 90 valence electrons. The fraction of sp³-hybridized carbons (Fsp3) is 0.333. The highest BCUT2D eigenvalue weighted by Crippen LogP contribution is 2.21. The molecule has 0 N–H and O–H groups in total. The quantitative estimate of drug-likeness (QED) is 0.710. The molecular weight excluding hydrogens is 210 g/mol. The van der Waals surface area contributed by atoms with E-state index in [2.05, 4.69) is 54.9 Å². The summed E-state index contributed by atoms with van der Waals surface area (Å²) in [5.41, 5.74) is 3.74. The van der Waals surface area contributed by atoms with Crippen molar-refractivity contribution in [3.8, 4) is 11.1 Å². The van der Waals surface area contributed by atoms with Crippen molar-refractivity contribution in [2.24, 2.45) is 0 Å². The van der Waals surface area contributed by atoms with Gasteiger partial charge in [-0.25, -0.2) is 0 Å². The molecule has 0 unspecified atom stereocenters. The smallest absolute Gasteiger partial charge is 0.122 e. The molecule has 0 spiro atoms. The van der Waals surface area contributed by atoms with E-state index in [4.69, 9.17) is 4.74 Å². The van der Waals surface area contributed by atoms with Gasteiger partial charge >= 0.3 is 0 Å². The Morgan fingerprint density at radius 3 is 2.59 bits per heavy atom. The zero-order valence-corrected chi connectivity index (χ0v) is 10.5. The maximum absolute atomic E-state index is 5.56. The molecule has 2 heteroatoms. The van der Waals surface area contributed by atoms with Crippen molar-refractivity contribution in [1.82, 2.24) is 4.57 Å². The first kappa shape index (κ1) is 11.9. The lowest BCUT2D eigenvalue weighted by molar-refractivity contribution is 0.0766. The van der Waals surface area contributed by atoms with Gasteiger partial charge in [0.05, 0.1) is 0 Å². The molecule has 1 aromatic carbocycles. The van der Waals surface area contributed by atoms with E-state index < -0.39 is 0 Å². The summed E-state index contributed by atoms with van der Waals surface area (Å²) in [6.45, 7) is 5.70. The third-order valence-electron chi connectivity index (χ3n) is 2.80. The van der Waals surface area contributed by atoms with Crippen LogP contribution in [0.1, 0.15) is 19.0 Å². The molecule has 0 saturated heterocycles. The molecule has 17 heavy (non-hydrogen) atoms. The highest BCUT2D eigenvalue weighted by molar-refractivity contribution is 5.63. The van der Waals surface area contributed by atoms with Gasteiger partial charge in [-0.15, -0.1) is 0 Å². The Labute approximate surface area is 103 Å². The van der Waals surface area contributed by atoms with Crippen molar-refractivity contribution in [3.63, 3.8) is 0 Å². The molecule has 0 aliphatic heterocycles. The Kier molecular flexibility index (Phi) is 3.99. The van der Waals surface area contributed by atoms with Crippen molar-refractivity contribution in [3.05, 3.63) is 48.3 Å². The molecule has 1 aromatic heterocycles. The normalized spacial score (nSPS) is 10.7. The van der Waals surface area contributed by atoms with E-state index in [9.17, 15) is 0 Å². The molecule has 2 rings (SSSR count). The number of aryl methyl sites for hydroxylation is 1. The lowest BCUT2D eigenvalue weighted by Gasteiger charge is -2.05. The largest absolute Gasteiger partial charge is 0.361 e. The zero-order chi connectivity index (χ0) is 12.1. The molecule has 2 nitrogen and oxygen atoms in total. The summed E-state index contributed by atoms with van der Waals surface area (Å²) in [6.07, 6.45) is 3.21. The Morgan fingerprint density at radius 2 is 1.88 bits per heavy atom. The lowest BCUT2D eigenvalue weighted by atomic mass is 10.1. The molecule has 0 radical (unpaired) electrons. The predicted molar refractivity (Wildman–Crippen MR) is 70.8 cm³/mol. The first-order chi connectivity index (χ1) is 8.31. The Bertz CT molecular complexity index is 459. The van der Waals surface area contributed by atoms with Gasteiger partial charge in [0.15, 0.2) is 0 Å². The molecule has 0 aliphatic carbocycles. The van der Waals surface area contributed by atoms with Crippen LogP contribution in [-0.4, -0.2) is 11.2 Å². The topological polar surface area (TPSA) is 14.2 Å². The van der Waals surface area contributed by atoms with Crippen LogP contribution < -0.4 is 0 Å². The average Bonchev–Trinajstić information content (AvgIpc) is 2.73. The highest BCUT2D eigenvalue weighted by atomic mass is 16.5. The molecule has 0 saturated carbocycles. The van der Waals surface area contributed by atoms with E-state index in [0.29, 0.717) is 6.73 Å². The van der Waals surface area contributed by atoms with Gasteiger partial charge in [0.25, 0.3) is 0 Å². The monoisotopic (exact) mass is 229 g/mol. The van der Waals surface area contributed by atoms with Crippen molar-refractivity contribution in [2.75, 3.05) is 6.61 Å². The molecule has 0 fully saturated rings. The minimum Gasteiger partial charge on any atom is -0.361 e. The molecule has 0 aliphatic rings. The first-order valence-corrected chi connectivity index (χ1v) is 6.11. The third kappa shape index (κ3) is 2.98. The van der Waals surface area contributed by atoms with Crippen LogP contribution in [0.3, 0.4) is 0 Å². The van der Waals surface area contributed by atoms with E-state index in [-0.39, 0.29) is 0 Å². The molecule has 0 bridgehead atoms. The van der Waals surface area contributed by atoms with Crippen LogP contribution in [0.25, 0.3) is 11.1 Å². The van der Waals surface area contributed by atoms with Gasteiger partial charge in [-0.1, -0.05) is 37.3 Å². The Hall–Kier alpha value is -1.54.